The number of rotatable bonds is 5. The predicted molar refractivity (Wildman–Crippen MR) is 112 cm³/mol. The van der Waals surface area contributed by atoms with E-state index in [0.717, 1.165) is 37.0 Å². The third-order valence-electron chi connectivity index (χ3n) is 4.87. The maximum absolute atomic E-state index is 12.3. The zero-order valence-electron chi connectivity index (χ0n) is 16.4. The maximum Gasteiger partial charge on any atom is 0.270 e. The van der Waals surface area contributed by atoms with E-state index in [4.69, 9.17) is 0 Å². The van der Waals surface area contributed by atoms with Gasteiger partial charge in [-0.1, -0.05) is 24.2 Å². The third kappa shape index (κ3) is 5.30. The van der Waals surface area contributed by atoms with Gasteiger partial charge in [-0.05, 0) is 18.9 Å². The Labute approximate surface area is 176 Å². The summed E-state index contributed by atoms with van der Waals surface area (Å²) in [5.41, 5.74) is 0.549. The van der Waals surface area contributed by atoms with Crippen LogP contribution >= 0.6 is 11.3 Å². The Hall–Kier alpha value is -2.60. The van der Waals surface area contributed by atoms with Crippen LogP contribution in [0.5, 0.6) is 0 Å². The van der Waals surface area contributed by atoms with E-state index in [2.05, 4.69) is 4.99 Å². The number of carbonyl (C=O) groups excluding carboxylic acids is 2. The minimum Gasteiger partial charge on any atom is -0.342 e. The highest BCUT2D eigenvalue weighted by Gasteiger charge is 2.25. The zero-order chi connectivity index (χ0) is 21.9. The average Bonchev–Trinajstić information content (AvgIpc) is 2.85. The average molecular weight is 455 g/mol. The van der Waals surface area contributed by atoms with Gasteiger partial charge in [0.2, 0.25) is 5.91 Å². The van der Waals surface area contributed by atoms with Crippen molar-refractivity contribution >= 4 is 48.9 Å². The monoisotopic (exact) mass is 454 g/mol. The van der Waals surface area contributed by atoms with Gasteiger partial charge in [0.05, 0.1) is 15.1 Å². The van der Waals surface area contributed by atoms with Gasteiger partial charge in [-0.3, -0.25) is 19.7 Å². The van der Waals surface area contributed by atoms with Gasteiger partial charge in [-0.15, -0.1) is 0 Å². The fourth-order valence-electron chi connectivity index (χ4n) is 3.32. The molecule has 1 fully saturated rings. The molecule has 162 valence electrons. The first-order valence-electron chi connectivity index (χ1n) is 9.46. The van der Waals surface area contributed by atoms with Crippen molar-refractivity contribution in [3.8, 4) is 0 Å². The van der Waals surface area contributed by atoms with Crippen LogP contribution in [-0.4, -0.2) is 59.2 Å². The quantitative estimate of drug-likeness (QED) is 0.495. The lowest BCUT2D eigenvalue weighted by atomic mass is 10.2. The first kappa shape index (κ1) is 22.1. The van der Waals surface area contributed by atoms with Crippen molar-refractivity contribution < 1.29 is 22.9 Å². The molecule has 30 heavy (non-hydrogen) atoms. The van der Waals surface area contributed by atoms with Gasteiger partial charge in [0.1, 0.15) is 11.5 Å². The van der Waals surface area contributed by atoms with Crippen LogP contribution in [0, 0.1) is 10.1 Å². The van der Waals surface area contributed by atoms with Crippen LogP contribution < -0.4 is 4.80 Å². The number of thiazole rings is 1. The molecule has 3 rings (SSSR count). The Kier molecular flexibility index (Phi) is 6.66. The van der Waals surface area contributed by atoms with Crippen LogP contribution in [0.25, 0.3) is 10.2 Å². The van der Waals surface area contributed by atoms with Gasteiger partial charge < -0.3 is 9.47 Å². The van der Waals surface area contributed by atoms with Gasteiger partial charge in [0, 0.05) is 32.3 Å². The Morgan fingerprint density at radius 2 is 1.83 bits per heavy atom. The fourth-order valence-corrected chi connectivity index (χ4v) is 5.49. The molecule has 0 atom stereocenters. The molecule has 2 amide bonds. The lowest BCUT2D eigenvalue weighted by Crippen LogP contribution is -2.37. The molecular weight excluding hydrogens is 432 g/mol. The molecule has 10 nitrogen and oxygen atoms in total. The minimum absolute atomic E-state index is 0.0863. The molecular formula is C18H22N4O6S2. The largest absolute Gasteiger partial charge is 0.342 e. The minimum atomic E-state index is -3.95. The second-order valence-corrected chi connectivity index (χ2v) is 10.3. The summed E-state index contributed by atoms with van der Waals surface area (Å²) in [5.74, 6) is -2.93. The van der Waals surface area contributed by atoms with E-state index in [-0.39, 0.29) is 10.5 Å². The molecule has 0 spiro atoms. The van der Waals surface area contributed by atoms with Gasteiger partial charge in [0.25, 0.3) is 11.6 Å². The second kappa shape index (κ2) is 9.04. The molecule has 1 aromatic heterocycles. The zero-order valence-corrected chi connectivity index (χ0v) is 18.1. The summed E-state index contributed by atoms with van der Waals surface area (Å²) in [4.78, 5) is 40.6. The molecule has 2 heterocycles. The number of likely N-dealkylation sites (tertiary alicyclic amines) is 1. The molecule has 1 aromatic carbocycles. The number of carbonyl (C=O) groups is 2. The first-order valence-corrected chi connectivity index (χ1v) is 12.1. The van der Waals surface area contributed by atoms with Crippen molar-refractivity contribution in [2.75, 3.05) is 24.6 Å². The van der Waals surface area contributed by atoms with E-state index < -0.39 is 38.1 Å². The number of nitrogens with zero attached hydrogens (tertiary/aromatic N) is 4. The summed E-state index contributed by atoms with van der Waals surface area (Å²) >= 11 is 1.05. The normalized spacial score (nSPS) is 15.9. The maximum atomic E-state index is 12.3. The molecule has 1 saturated heterocycles. The number of hydrogen-bond acceptors (Lipinski definition) is 7. The number of amides is 2. The summed E-state index contributed by atoms with van der Waals surface area (Å²) < 4.78 is 26.8. The number of fused-ring (bicyclic) bond motifs is 1. The molecule has 1 aliphatic rings. The van der Waals surface area contributed by atoms with Crippen LogP contribution in [0.1, 0.15) is 25.7 Å². The lowest BCUT2D eigenvalue weighted by Gasteiger charge is -2.19. The highest BCUT2D eigenvalue weighted by Crippen LogP contribution is 2.22. The van der Waals surface area contributed by atoms with Gasteiger partial charge in [-0.2, -0.15) is 4.99 Å². The van der Waals surface area contributed by atoms with E-state index in [9.17, 15) is 28.1 Å². The number of nitro groups is 1. The molecule has 0 N–H and O–H groups in total. The molecule has 0 saturated carbocycles. The molecule has 2 aromatic rings. The SMILES string of the molecule is Cn1c(=NC(=O)CS(=O)(=O)CC(=O)N2CCCCCC2)sc2cc([N+](=O)[O-])ccc21. The van der Waals surface area contributed by atoms with Crippen molar-refractivity contribution in [1.29, 1.82) is 0 Å². The number of nitro benzene ring substituents is 1. The summed E-state index contributed by atoms with van der Waals surface area (Å²) in [6.45, 7) is 1.08. The van der Waals surface area contributed by atoms with E-state index in [1.54, 1.807) is 22.6 Å². The third-order valence-corrected chi connectivity index (χ3v) is 7.34. The van der Waals surface area contributed by atoms with Crippen molar-refractivity contribution in [1.82, 2.24) is 9.47 Å². The lowest BCUT2D eigenvalue weighted by molar-refractivity contribution is -0.384. The topological polar surface area (TPSA) is 132 Å². The van der Waals surface area contributed by atoms with Crippen LogP contribution in [0.3, 0.4) is 0 Å². The Bertz CT molecular complexity index is 1160. The summed E-state index contributed by atoms with van der Waals surface area (Å²) in [5, 5.41) is 10.9. The Morgan fingerprint density at radius 1 is 1.17 bits per heavy atom. The van der Waals surface area contributed by atoms with Crippen LogP contribution in [-0.2, 0) is 26.5 Å². The molecule has 0 unspecified atom stereocenters. The predicted octanol–water partition coefficient (Wildman–Crippen LogP) is 1.39. The highest BCUT2D eigenvalue weighted by molar-refractivity contribution is 7.92. The summed E-state index contributed by atoms with van der Waals surface area (Å²) in [7, 11) is -2.32. The number of benzene rings is 1. The number of aryl methyl sites for hydroxylation is 1. The smallest absolute Gasteiger partial charge is 0.270 e. The van der Waals surface area contributed by atoms with Gasteiger partial charge in [0.15, 0.2) is 14.6 Å². The van der Waals surface area contributed by atoms with E-state index in [1.807, 2.05) is 0 Å². The number of aromatic nitrogens is 1. The van der Waals surface area contributed by atoms with Crippen LogP contribution in [0.4, 0.5) is 5.69 Å². The number of sulfone groups is 1. The van der Waals surface area contributed by atoms with E-state index in [1.165, 1.54) is 12.1 Å². The highest BCUT2D eigenvalue weighted by atomic mass is 32.2. The van der Waals surface area contributed by atoms with Crippen molar-refractivity contribution in [2.24, 2.45) is 12.0 Å². The Morgan fingerprint density at radius 3 is 2.47 bits per heavy atom. The van der Waals surface area contributed by atoms with Crippen LogP contribution in [0.15, 0.2) is 23.2 Å². The summed E-state index contributed by atoms with van der Waals surface area (Å²) in [6, 6.07) is 4.27. The van der Waals surface area contributed by atoms with Crippen molar-refractivity contribution in [3.63, 3.8) is 0 Å². The van der Waals surface area contributed by atoms with Crippen molar-refractivity contribution in [3.05, 3.63) is 33.1 Å². The van der Waals surface area contributed by atoms with Crippen LogP contribution in [0.2, 0.25) is 0 Å². The number of non-ortho nitro benzene ring substituents is 1. The fraction of sp³-hybridized carbons (Fsp3) is 0.500. The summed E-state index contributed by atoms with van der Waals surface area (Å²) in [6.07, 6.45) is 3.73. The standard InChI is InChI=1S/C18H22N4O6S2/c1-20-14-7-6-13(22(25)26)10-15(14)29-18(20)19-16(23)11-30(27,28)12-17(24)21-8-4-2-3-5-9-21/h6-7,10H,2-5,8-9,11-12H2,1H3. The van der Waals surface area contributed by atoms with E-state index in [0.29, 0.717) is 23.3 Å². The molecule has 0 bridgehead atoms. The molecule has 0 aliphatic carbocycles. The van der Waals surface area contributed by atoms with E-state index >= 15 is 0 Å². The Balaban J connectivity index is 1.74. The molecule has 0 radical (unpaired) electrons. The molecule has 1 aliphatic heterocycles. The van der Waals surface area contributed by atoms with Gasteiger partial charge >= 0.3 is 0 Å². The van der Waals surface area contributed by atoms with Gasteiger partial charge in [-0.25, -0.2) is 8.42 Å². The molecule has 12 heteroatoms. The second-order valence-electron chi connectivity index (χ2n) is 7.19. The first-order chi connectivity index (χ1) is 14.2. The number of hydrogen-bond donors (Lipinski definition) is 0. The van der Waals surface area contributed by atoms with Crippen molar-refractivity contribution in [2.45, 2.75) is 25.7 Å².